The van der Waals surface area contributed by atoms with Gasteiger partial charge in [0, 0.05) is 50.8 Å². The Balaban J connectivity index is 1.51. The maximum Gasteiger partial charge on any atom is 0.194 e. The lowest BCUT2D eigenvalue weighted by atomic mass is 9.93. The maximum atomic E-state index is 5.53. The molecule has 0 bridgehead atoms. The Morgan fingerprint density at radius 1 is 1.23 bits per heavy atom. The molecule has 2 atom stereocenters. The number of morpholine rings is 1. The summed E-state index contributed by atoms with van der Waals surface area (Å²) >= 11 is 0. The van der Waals surface area contributed by atoms with Gasteiger partial charge in [-0.2, -0.15) is 0 Å². The molecule has 2 aromatic rings. The minimum Gasteiger partial charge on any atom is -0.378 e. The molecule has 0 saturated carbocycles. The topological polar surface area (TPSA) is 57.9 Å². The van der Waals surface area contributed by atoms with Crippen molar-refractivity contribution in [2.24, 2.45) is 10.9 Å². The third-order valence-corrected chi connectivity index (χ3v) is 6.20. The molecule has 2 unspecified atom stereocenters. The third-order valence-electron chi connectivity index (χ3n) is 6.20. The molecule has 162 valence electrons. The van der Waals surface area contributed by atoms with E-state index in [1.54, 1.807) is 0 Å². The molecule has 0 amide bonds. The second-order valence-electron chi connectivity index (χ2n) is 8.19. The highest BCUT2D eigenvalue weighted by molar-refractivity contribution is 5.80. The van der Waals surface area contributed by atoms with Gasteiger partial charge in [-0.25, -0.2) is 9.98 Å². The van der Waals surface area contributed by atoms with Crippen LogP contribution in [-0.2, 0) is 11.3 Å². The van der Waals surface area contributed by atoms with E-state index in [0.717, 1.165) is 58.3 Å². The van der Waals surface area contributed by atoms with E-state index in [1.165, 1.54) is 11.3 Å². The van der Waals surface area contributed by atoms with E-state index in [1.807, 2.05) is 12.5 Å². The molecule has 4 rings (SSSR count). The Bertz CT molecular complexity index is 815. The van der Waals surface area contributed by atoms with E-state index < -0.39 is 0 Å². The number of guanidine groups is 1. The smallest absolute Gasteiger partial charge is 0.194 e. The lowest BCUT2D eigenvalue weighted by molar-refractivity contribution is 0.122. The Morgan fingerprint density at radius 3 is 2.83 bits per heavy atom. The summed E-state index contributed by atoms with van der Waals surface area (Å²) in [5, 5.41) is 3.52. The third kappa shape index (κ3) is 4.78. The number of ether oxygens (including phenoxy) is 1. The molecule has 1 aromatic carbocycles. The number of nitrogens with one attached hydrogen (secondary N) is 1. The minimum atomic E-state index is 0.422. The Morgan fingerprint density at radius 2 is 2.07 bits per heavy atom. The summed E-state index contributed by atoms with van der Waals surface area (Å²) in [6.45, 7) is 11.5. The summed E-state index contributed by atoms with van der Waals surface area (Å²) in [7, 11) is 0. The van der Waals surface area contributed by atoms with Crippen LogP contribution in [0.1, 0.15) is 31.9 Å². The fraction of sp³-hybridized carbons (Fsp3) is 0.565. The van der Waals surface area contributed by atoms with Crippen molar-refractivity contribution in [3.63, 3.8) is 0 Å². The van der Waals surface area contributed by atoms with Gasteiger partial charge in [0.15, 0.2) is 5.96 Å². The van der Waals surface area contributed by atoms with Crippen LogP contribution in [0.25, 0.3) is 0 Å². The number of rotatable bonds is 5. The summed E-state index contributed by atoms with van der Waals surface area (Å²) < 4.78 is 7.77. The van der Waals surface area contributed by atoms with Crippen molar-refractivity contribution in [2.45, 2.75) is 32.9 Å². The van der Waals surface area contributed by atoms with Gasteiger partial charge in [0.05, 0.1) is 32.1 Å². The zero-order chi connectivity index (χ0) is 20.8. The quantitative estimate of drug-likeness (QED) is 0.607. The van der Waals surface area contributed by atoms with Crippen LogP contribution in [0.4, 0.5) is 5.69 Å². The molecular weight excluding hydrogens is 376 g/mol. The van der Waals surface area contributed by atoms with Crippen LogP contribution in [0.5, 0.6) is 0 Å². The largest absolute Gasteiger partial charge is 0.378 e. The average Bonchev–Trinajstić information content (AvgIpc) is 3.33. The molecule has 0 spiro atoms. The zero-order valence-corrected chi connectivity index (χ0v) is 18.2. The highest BCUT2D eigenvalue weighted by atomic mass is 16.5. The predicted molar refractivity (Wildman–Crippen MR) is 121 cm³/mol. The van der Waals surface area contributed by atoms with Crippen LogP contribution < -0.4 is 10.2 Å². The van der Waals surface area contributed by atoms with Crippen molar-refractivity contribution in [1.29, 1.82) is 0 Å². The first-order valence-corrected chi connectivity index (χ1v) is 11.2. The molecule has 2 aliphatic rings. The van der Waals surface area contributed by atoms with E-state index in [0.29, 0.717) is 18.5 Å². The summed E-state index contributed by atoms with van der Waals surface area (Å²) in [6.07, 6.45) is 7.03. The van der Waals surface area contributed by atoms with E-state index in [4.69, 9.17) is 9.73 Å². The minimum absolute atomic E-state index is 0.422. The van der Waals surface area contributed by atoms with Gasteiger partial charge < -0.3 is 24.4 Å². The predicted octanol–water partition coefficient (Wildman–Crippen LogP) is 2.77. The number of aliphatic imine (C=N–C) groups is 1. The molecule has 2 saturated heterocycles. The molecule has 0 aliphatic carbocycles. The van der Waals surface area contributed by atoms with Crippen LogP contribution in [0, 0.1) is 5.92 Å². The van der Waals surface area contributed by atoms with Gasteiger partial charge in [0.2, 0.25) is 0 Å². The number of hydrogen-bond donors (Lipinski definition) is 1. The maximum absolute atomic E-state index is 5.53. The summed E-state index contributed by atoms with van der Waals surface area (Å²) in [4.78, 5) is 14.1. The molecule has 2 fully saturated rings. The van der Waals surface area contributed by atoms with Gasteiger partial charge in [-0.3, -0.25) is 0 Å². The summed E-state index contributed by atoms with van der Waals surface area (Å²) in [6, 6.07) is 9.06. The van der Waals surface area contributed by atoms with Gasteiger partial charge >= 0.3 is 0 Å². The molecule has 0 radical (unpaired) electrons. The van der Waals surface area contributed by atoms with E-state index in [-0.39, 0.29) is 0 Å². The number of anilines is 1. The lowest BCUT2D eigenvalue weighted by Gasteiger charge is -2.39. The van der Waals surface area contributed by atoms with Crippen molar-refractivity contribution < 1.29 is 4.74 Å². The monoisotopic (exact) mass is 410 g/mol. The van der Waals surface area contributed by atoms with Crippen LogP contribution in [-0.4, -0.2) is 66.3 Å². The van der Waals surface area contributed by atoms with Crippen molar-refractivity contribution in [3.05, 3.63) is 48.5 Å². The highest BCUT2D eigenvalue weighted by Gasteiger charge is 2.29. The molecule has 7 heteroatoms. The molecular formula is C23H34N6O. The Hall–Kier alpha value is -2.54. The zero-order valence-electron chi connectivity index (χ0n) is 18.2. The summed E-state index contributed by atoms with van der Waals surface area (Å²) in [5.41, 5.74) is 2.55. The normalized spacial score (nSPS) is 22.9. The molecule has 3 heterocycles. The number of nitrogens with zero attached hydrogens (tertiary/aromatic N) is 5. The van der Waals surface area contributed by atoms with Crippen molar-refractivity contribution in [3.8, 4) is 0 Å². The fourth-order valence-electron chi connectivity index (χ4n) is 4.44. The number of imidazole rings is 1. The first kappa shape index (κ1) is 20.7. The standard InChI is InChI=1S/C23H34N6O/c1-3-25-23(28-10-8-19(2)22(17-28)29-11-9-24-18-29)26-16-20-6-4-5-7-21(20)27-12-14-30-15-13-27/h4-7,9,11,18-19,22H,3,8,10,12-17H2,1-2H3,(H,25,26). The molecule has 1 aromatic heterocycles. The van der Waals surface area contributed by atoms with E-state index >= 15 is 0 Å². The number of aromatic nitrogens is 2. The first-order chi connectivity index (χ1) is 14.8. The first-order valence-electron chi connectivity index (χ1n) is 11.2. The van der Waals surface area contributed by atoms with Gasteiger partial charge in [-0.1, -0.05) is 25.1 Å². The second-order valence-corrected chi connectivity index (χ2v) is 8.19. The van der Waals surface area contributed by atoms with Crippen molar-refractivity contribution in [1.82, 2.24) is 19.8 Å². The molecule has 30 heavy (non-hydrogen) atoms. The number of piperidine rings is 1. The van der Waals surface area contributed by atoms with Crippen LogP contribution >= 0.6 is 0 Å². The molecule has 7 nitrogen and oxygen atoms in total. The Kier molecular flexibility index (Phi) is 6.89. The van der Waals surface area contributed by atoms with E-state index in [2.05, 4.69) is 69.0 Å². The number of likely N-dealkylation sites (tertiary alicyclic amines) is 1. The lowest BCUT2D eigenvalue weighted by Crippen LogP contribution is -2.49. The number of hydrogen-bond acceptors (Lipinski definition) is 4. The SMILES string of the molecule is CCNC(=NCc1ccccc1N1CCOCC1)N1CCC(C)C(n2ccnc2)C1. The van der Waals surface area contributed by atoms with Gasteiger partial charge in [0.25, 0.3) is 0 Å². The van der Waals surface area contributed by atoms with Crippen LogP contribution in [0.15, 0.2) is 48.0 Å². The van der Waals surface area contributed by atoms with Crippen molar-refractivity contribution in [2.75, 3.05) is 50.8 Å². The number of para-hydroxylation sites is 1. The van der Waals surface area contributed by atoms with Crippen molar-refractivity contribution >= 4 is 11.6 Å². The second kappa shape index (κ2) is 9.98. The Labute approximate surface area is 179 Å². The highest BCUT2D eigenvalue weighted by Crippen LogP contribution is 2.28. The number of benzene rings is 1. The van der Waals surface area contributed by atoms with Gasteiger partial charge in [-0.15, -0.1) is 0 Å². The van der Waals surface area contributed by atoms with Crippen LogP contribution in [0.3, 0.4) is 0 Å². The summed E-state index contributed by atoms with van der Waals surface area (Å²) in [5.74, 6) is 1.63. The van der Waals surface area contributed by atoms with Gasteiger partial charge in [0.1, 0.15) is 0 Å². The van der Waals surface area contributed by atoms with E-state index in [9.17, 15) is 0 Å². The fourth-order valence-corrected chi connectivity index (χ4v) is 4.44. The molecule has 2 aliphatic heterocycles. The molecule has 1 N–H and O–H groups in total. The van der Waals surface area contributed by atoms with Gasteiger partial charge in [-0.05, 0) is 30.9 Å². The van der Waals surface area contributed by atoms with Crippen LogP contribution in [0.2, 0.25) is 0 Å². The average molecular weight is 411 g/mol.